The van der Waals surface area contributed by atoms with E-state index < -0.39 is 6.10 Å². The summed E-state index contributed by atoms with van der Waals surface area (Å²) in [7, 11) is 1.49. The van der Waals surface area contributed by atoms with Crippen LogP contribution in [-0.4, -0.2) is 29.2 Å². The van der Waals surface area contributed by atoms with E-state index in [1.807, 2.05) is 13.8 Å². The van der Waals surface area contributed by atoms with Gasteiger partial charge in [-0.15, -0.1) is 0 Å². The molecule has 0 aliphatic heterocycles. The van der Waals surface area contributed by atoms with Crippen molar-refractivity contribution in [2.45, 2.75) is 51.6 Å². The molecule has 4 nitrogen and oxygen atoms in total. The Balaban J connectivity index is 2.20. The number of phenols is 1. The molecule has 0 heterocycles. The number of hydrogen-bond acceptors (Lipinski definition) is 4. The SMILES string of the molecule is COc1cc2c(cc1O)[C@]1(C)CC[C@@H](O)C(C)(C)[C@H]1CC2=O. The third-order valence-electron chi connectivity index (χ3n) is 6.09. The van der Waals surface area contributed by atoms with Crippen molar-refractivity contribution in [3.05, 3.63) is 23.3 Å². The van der Waals surface area contributed by atoms with E-state index in [0.717, 1.165) is 12.0 Å². The molecular weight excluding hydrogens is 280 g/mol. The predicted octanol–water partition coefficient (Wildman–Crippen LogP) is 3.04. The monoisotopic (exact) mass is 304 g/mol. The summed E-state index contributed by atoms with van der Waals surface area (Å²) in [5.74, 6) is 0.540. The van der Waals surface area contributed by atoms with Gasteiger partial charge in [-0.05, 0) is 47.3 Å². The van der Waals surface area contributed by atoms with Crippen LogP contribution in [-0.2, 0) is 5.41 Å². The molecule has 0 saturated heterocycles. The lowest BCUT2D eigenvalue weighted by Crippen LogP contribution is -2.54. The number of ketones is 1. The molecule has 3 rings (SSSR count). The van der Waals surface area contributed by atoms with Crippen molar-refractivity contribution < 1.29 is 19.7 Å². The van der Waals surface area contributed by atoms with Gasteiger partial charge in [0.25, 0.3) is 0 Å². The summed E-state index contributed by atoms with van der Waals surface area (Å²) in [4.78, 5) is 12.6. The lowest BCUT2D eigenvalue weighted by Gasteiger charge is -2.55. The molecular formula is C18H24O4. The maximum absolute atomic E-state index is 12.6. The van der Waals surface area contributed by atoms with E-state index in [2.05, 4.69) is 6.92 Å². The van der Waals surface area contributed by atoms with Crippen molar-refractivity contribution in [3.8, 4) is 11.5 Å². The number of phenolic OH excluding ortho intramolecular Hbond substituents is 1. The molecule has 0 spiro atoms. The molecule has 2 aliphatic rings. The number of hydrogen-bond donors (Lipinski definition) is 2. The summed E-state index contributed by atoms with van der Waals surface area (Å²) in [5.41, 5.74) is 1.01. The van der Waals surface area contributed by atoms with Gasteiger partial charge in [-0.2, -0.15) is 0 Å². The molecule has 2 aliphatic carbocycles. The molecule has 0 aromatic heterocycles. The second kappa shape index (κ2) is 4.72. The first kappa shape index (κ1) is 15.3. The number of fused-ring (bicyclic) bond motifs is 3. The van der Waals surface area contributed by atoms with Gasteiger partial charge in [0.05, 0.1) is 13.2 Å². The van der Waals surface area contributed by atoms with Gasteiger partial charge in [0.2, 0.25) is 0 Å². The molecule has 0 amide bonds. The molecule has 0 unspecified atom stereocenters. The zero-order chi connectivity index (χ0) is 16.3. The van der Waals surface area contributed by atoms with Crippen LogP contribution in [0.15, 0.2) is 12.1 Å². The Morgan fingerprint density at radius 1 is 1.27 bits per heavy atom. The average Bonchev–Trinajstić information content (AvgIpc) is 2.46. The number of methoxy groups -OCH3 is 1. The van der Waals surface area contributed by atoms with Crippen molar-refractivity contribution >= 4 is 5.78 Å². The highest BCUT2D eigenvalue weighted by molar-refractivity contribution is 6.00. The van der Waals surface area contributed by atoms with Crippen molar-refractivity contribution in [2.75, 3.05) is 7.11 Å². The van der Waals surface area contributed by atoms with E-state index in [1.165, 1.54) is 7.11 Å². The Kier molecular flexibility index (Phi) is 3.29. The minimum absolute atomic E-state index is 0.0662. The van der Waals surface area contributed by atoms with Crippen LogP contribution in [0.3, 0.4) is 0 Å². The zero-order valence-corrected chi connectivity index (χ0v) is 13.6. The number of rotatable bonds is 1. The minimum atomic E-state index is -0.397. The molecule has 3 atom stereocenters. The number of carbonyl (C=O) groups is 1. The maximum atomic E-state index is 12.6. The molecule has 1 fully saturated rings. The van der Waals surface area contributed by atoms with Crippen LogP contribution in [0.1, 0.15) is 56.0 Å². The van der Waals surface area contributed by atoms with Crippen molar-refractivity contribution in [3.63, 3.8) is 0 Å². The number of carbonyl (C=O) groups excluding carboxylic acids is 1. The lowest BCUT2D eigenvalue weighted by atomic mass is 9.49. The van der Waals surface area contributed by atoms with Crippen molar-refractivity contribution in [1.29, 1.82) is 0 Å². The highest BCUT2D eigenvalue weighted by Gasteiger charge is 2.55. The number of benzene rings is 1. The van der Waals surface area contributed by atoms with Gasteiger partial charge in [-0.25, -0.2) is 0 Å². The van der Waals surface area contributed by atoms with Crippen LogP contribution < -0.4 is 4.74 Å². The smallest absolute Gasteiger partial charge is 0.163 e. The minimum Gasteiger partial charge on any atom is -0.504 e. The third kappa shape index (κ3) is 1.89. The Labute approximate surface area is 131 Å². The highest BCUT2D eigenvalue weighted by Crippen LogP contribution is 2.57. The van der Waals surface area contributed by atoms with Crippen LogP contribution in [0, 0.1) is 11.3 Å². The predicted molar refractivity (Wildman–Crippen MR) is 83.5 cm³/mol. The molecule has 2 N–H and O–H groups in total. The first-order valence-corrected chi connectivity index (χ1v) is 7.84. The van der Waals surface area contributed by atoms with E-state index >= 15 is 0 Å². The number of ether oxygens (including phenoxy) is 1. The quantitative estimate of drug-likeness (QED) is 0.837. The van der Waals surface area contributed by atoms with Gasteiger partial charge < -0.3 is 14.9 Å². The lowest BCUT2D eigenvalue weighted by molar-refractivity contribution is -0.0687. The topological polar surface area (TPSA) is 66.8 Å². The molecule has 120 valence electrons. The summed E-state index contributed by atoms with van der Waals surface area (Å²) in [6.45, 7) is 6.24. The van der Waals surface area contributed by atoms with E-state index in [9.17, 15) is 15.0 Å². The van der Waals surface area contributed by atoms with Crippen LogP contribution in [0.2, 0.25) is 0 Å². The molecule has 1 aromatic carbocycles. The van der Waals surface area contributed by atoms with Gasteiger partial charge in [0.15, 0.2) is 17.3 Å². The van der Waals surface area contributed by atoms with Gasteiger partial charge >= 0.3 is 0 Å². The van der Waals surface area contributed by atoms with E-state index in [-0.39, 0.29) is 28.3 Å². The Hall–Kier alpha value is -1.55. The molecule has 22 heavy (non-hydrogen) atoms. The fraction of sp³-hybridized carbons (Fsp3) is 0.611. The van der Waals surface area contributed by atoms with E-state index in [1.54, 1.807) is 12.1 Å². The van der Waals surface area contributed by atoms with Crippen molar-refractivity contribution in [2.24, 2.45) is 11.3 Å². The van der Waals surface area contributed by atoms with Crippen LogP contribution in [0.5, 0.6) is 11.5 Å². The molecule has 1 aromatic rings. The number of aliphatic hydroxyl groups excluding tert-OH is 1. The van der Waals surface area contributed by atoms with E-state index in [4.69, 9.17) is 4.74 Å². The first-order chi connectivity index (χ1) is 10.2. The molecule has 4 heteroatoms. The third-order valence-corrected chi connectivity index (χ3v) is 6.09. The summed E-state index contributed by atoms with van der Waals surface area (Å²) in [6, 6.07) is 3.35. The van der Waals surface area contributed by atoms with Crippen molar-refractivity contribution in [1.82, 2.24) is 0 Å². The normalized spacial score (nSPS) is 33.0. The molecule has 1 saturated carbocycles. The Morgan fingerprint density at radius 3 is 2.59 bits per heavy atom. The largest absolute Gasteiger partial charge is 0.504 e. The van der Waals surface area contributed by atoms with E-state index in [0.29, 0.717) is 24.2 Å². The second-order valence-corrected chi connectivity index (χ2v) is 7.54. The summed E-state index contributed by atoms with van der Waals surface area (Å²) in [6.07, 6.45) is 1.56. The van der Waals surface area contributed by atoms with Crippen LogP contribution >= 0.6 is 0 Å². The fourth-order valence-electron chi connectivity index (χ4n) is 4.58. The standard InChI is InChI=1S/C18H24O4/c1-17(2)15-9-12(19)10-7-14(22-4)13(20)8-11(10)18(15,3)6-5-16(17)21/h7-8,15-16,20-21H,5-6,9H2,1-4H3/t15-,16-,18+/m1/s1. The molecule has 0 bridgehead atoms. The number of Topliss-reactive ketones (excluding diaryl/α,β-unsaturated/α-hetero) is 1. The van der Waals surface area contributed by atoms with Gasteiger partial charge in [0, 0.05) is 12.0 Å². The summed E-state index contributed by atoms with van der Waals surface area (Å²) in [5, 5.41) is 20.5. The van der Waals surface area contributed by atoms with Crippen LogP contribution in [0.4, 0.5) is 0 Å². The summed E-state index contributed by atoms with van der Waals surface area (Å²) < 4.78 is 5.14. The Bertz CT molecular complexity index is 634. The number of aromatic hydroxyl groups is 1. The van der Waals surface area contributed by atoms with Crippen LogP contribution in [0.25, 0.3) is 0 Å². The first-order valence-electron chi connectivity index (χ1n) is 7.84. The van der Waals surface area contributed by atoms with Gasteiger partial charge in [0.1, 0.15) is 0 Å². The zero-order valence-electron chi connectivity index (χ0n) is 13.6. The summed E-state index contributed by atoms with van der Waals surface area (Å²) >= 11 is 0. The van der Waals surface area contributed by atoms with Gasteiger partial charge in [-0.1, -0.05) is 20.8 Å². The Morgan fingerprint density at radius 2 is 1.95 bits per heavy atom. The average molecular weight is 304 g/mol. The second-order valence-electron chi connectivity index (χ2n) is 7.54. The molecule has 0 radical (unpaired) electrons. The van der Waals surface area contributed by atoms with Gasteiger partial charge in [-0.3, -0.25) is 4.79 Å². The fourth-order valence-corrected chi connectivity index (χ4v) is 4.58. The highest BCUT2D eigenvalue weighted by atomic mass is 16.5. The maximum Gasteiger partial charge on any atom is 0.163 e. The number of aliphatic hydroxyl groups is 1.